The molecule has 0 radical (unpaired) electrons. The number of amides is 3. The Morgan fingerprint density at radius 2 is 2.04 bits per heavy atom. The highest BCUT2D eigenvalue weighted by molar-refractivity contribution is 6.31. The minimum Gasteiger partial charge on any atom is -0.493 e. The highest BCUT2D eigenvalue weighted by Gasteiger charge is 2.17. The minimum atomic E-state index is -0.851. The molecule has 6 N–H and O–H groups in total. The Morgan fingerprint density at radius 1 is 1.29 bits per heavy atom. The summed E-state index contributed by atoms with van der Waals surface area (Å²) in [6, 6.07) is 5.45. The van der Waals surface area contributed by atoms with Gasteiger partial charge in [-0.1, -0.05) is 11.6 Å². The summed E-state index contributed by atoms with van der Waals surface area (Å²) in [4.78, 5) is 25.4. The number of hydrogen-bond acceptors (Lipinski definition) is 3. The first-order valence-corrected chi connectivity index (χ1v) is 7.38. The summed E-state index contributed by atoms with van der Waals surface area (Å²) >= 11 is 6.01. The van der Waals surface area contributed by atoms with Crippen molar-refractivity contribution in [2.45, 2.75) is 6.42 Å². The van der Waals surface area contributed by atoms with Crippen LogP contribution in [0.4, 0.5) is 15.0 Å². The summed E-state index contributed by atoms with van der Waals surface area (Å²) in [5.41, 5.74) is 11.4. The number of urea groups is 1. The molecule has 2 aromatic rings. The number of primary amides is 2. The second-order valence-electron chi connectivity index (χ2n) is 4.86. The van der Waals surface area contributed by atoms with Crippen LogP contribution in [0.3, 0.4) is 0 Å². The summed E-state index contributed by atoms with van der Waals surface area (Å²) < 4.78 is 17.8. The van der Waals surface area contributed by atoms with E-state index >= 15 is 0 Å². The molecule has 1 aromatic carbocycles. The molecule has 3 amide bonds. The molecular weight excluding hydrogens is 339 g/mol. The molecular formula is C15H16ClFN4O3. The van der Waals surface area contributed by atoms with Gasteiger partial charge in [0.1, 0.15) is 11.6 Å². The van der Waals surface area contributed by atoms with Gasteiger partial charge in [-0.2, -0.15) is 0 Å². The number of rotatable bonds is 7. The number of hydrogen-bond donors (Lipinski definition) is 4. The van der Waals surface area contributed by atoms with Crippen LogP contribution in [-0.2, 0) is 0 Å². The van der Waals surface area contributed by atoms with Crippen LogP contribution in [-0.4, -0.2) is 30.2 Å². The van der Waals surface area contributed by atoms with E-state index in [9.17, 15) is 14.0 Å². The second kappa shape index (κ2) is 7.69. The summed E-state index contributed by atoms with van der Waals surface area (Å²) in [5.74, 6) is -0.237. The first-order chi connectivity index (χ1) is 11.4. The number of halogens is 2. The van der Waals surface area contributed by atoms with Crippen LogP contribution < -0.4 is 21.5 Å². The third kappa shape index (κ3) is 4.17. The molecule has 2 rings (SSSR count). The van der Waals surface area contributed by atoms with Crippen LogP contribution in [0.2, 0.25) is 5.02 Å². The maximum Gasteiger partial charge on any atom is 0.317 e. The van der Waals surface area contributed by atoms with Gasteiger partial charge in [0.2, 0.25) is 0 Å². The average Bonchev–Trinajstić information content (AvgIpc) is 2.92. The molecule has 1 aromatic heterocycles. The Kier molecular flexibility index (Phi) is 5.64. The number of nitrogens with two attached hydrogens (primary N) is 2. The molecule has 0 aliphatic heterocycles. The largest absolute Gasteiger partial charge is 0.493 e. The molecule has 0 fully saturated rings. The van der Waals surface area contributed by atoms with Gasteiger partial charge in [0.15, 0.2) is 0 Å². The van der Waals surface area contributed by atoms with Crippen molar-refractivity contribution in [3.63, 3.8) is 0 Å². The van der Waals surface area contributed by atoms with Gasteiger partial charge in [0.05, 0.1) is 24.5 Å². The fourth-order valence-corrected chi connectivity index (χ4v) is 2.26. The maximum atomic E-state index is 12.2. The number of anilines is 1. The van der Waals surface area contributed by atoms with E-state index in [4.69, 9.17) is 27.8 Å². The molecule has 128 valence electrons. The van der Waals surface area contributed by atoms with E-state index in [0.717, 1.165) is 0 Å². The van der Waals surface area contributed by atoms with E-state index in [2.05, 4.69) is 10.3 Å². The predicted octanol–water partition coefficient (Wildman–Crippen LogP) is 2.66. The third-order valence-electron chi connectivity index (χ3n) is 3.10. The van der Waals surface area contributed by atoms with Gasteiger partial charge < -0.3 is 21.2 Å². The van der Waals surface area contributed by atoms with Gasteiger partial charge >= 0.3 is 6.03 Å². The molecule has 0 saturated heterocycles. The second-order valence-corrected chi connectivity index (χ2v) is 5.29. The van der Waals surface area contributed by atoms with Crippen LogP contribution in [0.15, 0.2) is 24.3 Å². The molecule has 0 unspecified atom stereocenters. The smallest absolute Gasteiger partial charge is 0.317 e. The first kappa shape index (κ1) is 17.6. The van der Waals surface area contributed by atoms with Gasteiger partial charge in [0.25, 0.3) is 5.91 Å². The molecule has 24 heavy (non-hydrogen) atoms. The topological polar surface area (TPSA) is 123 Å². The van der Waals surface area contributed by atoms with Crippen LogP contribution >= 0.6 is 11.6 Å². The first-order valence-electron chi connectivity index (χ1n) is 7.00. The summed E-state index contributed by atoms with van der Waals surface area (Å²) in [7, 11) is 0. The summed E-state index contributed by atoms with van der Waals surface area (Å²) in [6.45, 7) is -0.315. The number of H-pyrrole nitrogens is 1. The lowest BCUT2D eigenvalue weighted by Crippen LogP contribution is -2.22. The Hall–Kier alpha value is -2.74. The van der Waals surface area contributed by atoms with Crippen LogP contribution in [0, 0.1) is 0 Å². The van der Waals surface area contributed by atoms with Crippen molar-refractivity contribution in [2.24, 2.45) is 11.5 Å². The molecule has 0 atom stereocenters. The fraction of sp³-hybridized carbons (Fsp3) is 0.200. The van der Waals surface area contributed by atoms with E-state index in [1.165, 1.54) is 6.07 Å². The Labute approximate surface area is 142 Å². The third-order valence-corrected chi connectivity index (χ3v) is 3.33. The Balaban J connectivity index is 2.44. The number of aromatic amines is 1. The van der Waals surface area contributed by atoms with E-state index in [1.807, 2.05) is 0 Å². The zero-order chi connectivity index (χ0) is 17.7. The summed E-state index contributed by atoms with van der Waals surface area (Å²) in [5, 5.41) is 2.72. The van der Waals surface area contributed by atoms with Crippen molar-refractivity contribution in [3.05, 3.63) is 34.9 Å². The van der Waals surface area contributed by atoms with E-state index in [-0.39, 0.29) is 24.4 Å². The molecule has 0 aliphatic rings. The monoisotopic (exact) mass is 354 g/mol. The highest BCUT2D eigenvalue weighted by atomic mass is 35.5. The number of benzene rings is 1. The summed E-state index contributed by atoms with van der Waals surface area (Å²) in [6.07, 6.45) is 0.244. The normalized spacial score (nSPS) is 10.4. The van der Waals surface area contributed by atoms with Crippen LogP contribution in [0.1, 0.15) is 16.8 Å². The molecule has 1 heterocycles. The lowest BCUT2D eigenvalue weighted by molar-refractivity contribution is 0.100. The molecule has 0 aliphatic carbocycles. The van der Waals surface area contributed by atoms with Crippen molar-refractivity contribution in [1.29, 1.82) is 0 Å². The van der Waals surface area contributed by atoms with Crippen molar-refractivity contribution in [2.75, 3.05) is 18.6 Å². The van der Waals surface area contributed by atoms with Crippen molar-refractivity contribution in [1.82, 2.24) is 4.98 Å². The van der Waals surface area contributed by atoms with Crippen molar-refractivity contribution < 1.29 is 18.7 Å². The van der Waals surface area contributed by atoms with Gasteiger partial charge in [-0.05, 0) is 24.3 Å². The van der Waals surface area contributed by atoms with Crippen LogP contribution in [0.25, 0.3) is 11.3 Å². The average molecular weight is 355 g/mol. The predicted molar refractivity (Wildman–Crippen MR) is 89.0 cm³/mol. The number of aromatic nitrogens is 1. The zero-order valence-electron chi connectivity index (χ0n) is 12.6. The minimum absolute atomic E-state index is 0.0542. The number of alkyl halides is 1. The van der Waals surface area contributed by atoms with E-state index < -0.39 is 18.6 Å². The number of carbonyl (C=O) groups excluding carboxylic acids is 2. The lowest BCUT2D eigenvalue weighted by atomic mass is 10.1. The molecule has 0 bridgehead atoms. The van der Waals surface area contributed by atoms with E-state index in [0.29, 0.717) is 22.0 Å². The number of carbonyl (C=O) groups is 2. The van der Waals surface area contributed by atoms with Crippen LogP contribution in [0.5, 0.6) is 5.75 Å². The van der Waals surface area contributed by atoms with Gasteiger partial charge in [0, 0.05) is 17.0 Å². The lowest BCUT2D eigenvalue weighted by Gasteiger charge is -2.10. The molecule has 9 heteroatoms. The molecule has 7 nitrogen and oxygen atoms in total. The van der Waals surface area contributed by atoms with Crippen molar-refractivity contribution in [3.8, 4) is 17.0 Å². The Morgan fingerprint density at radius 3 is 2.67 bits per heavy atom. The fourth-order valence-electron chi connectivity index (χ4n) is 2.09. The maximum absolute atomic E-state index is 12.2. The zero-order valence-corrected chi connectivity index (χ0v) is 13.3. The number of ether oxygens (including phenoxy) is 1. The quantitative estimate of drug-likeness (QED) is 0.571. The highest BCUT2D eigenvalue weighted by Crippen LogP contribution is 2.34. The van der Waals surface area contributed by atoms with Gasteiger partial charge in [-0.3, -0.25) is 14.5 Å². The standard InChI is InChI=1S/C15H16ClFN4O3/c16-8-2-3-12(24-5-1-4-17)9(6-8)11-7-10(13(18)22)14(20-11)21-15(19)23/h2-3,6-7,20H,1,4-5H2,(H2,18,22)(H3,19,21,23). The van der Waals surface area contributed by atoms with Crippen molar-refractivity contribution >= 4 is 29.4 Å². The molecule has 0 spiro atoms. The van der Waals surface area contributed by atoms with Gasteiger partial charge in [-0.15, -0.1) is 0 Å². The van der Waals surface area contributed by atoms with E-state index in [1.54, 1.807) is 18.2 Å². The van der Waals surface area contributed by atoms with Gasteiger partial charge in [-0.25, -0.2) is 4.79 Å². The molecule has 0 saturated carbocycles. The SMILES string of the molecule is NC(=O)Nc1[nH]c(-c2cc(Cl)ccc2OCCCF)cc1C(N)=O. The Bertz CT molecular complexity index is 763. The number of nitrogens with one attached hydrogen (secondary N) is 2.